The van der Waals surface area contributed by atoms with Gasteiger partial charge in [-0.2, -0.15) is 0 Å². The third-order valence-electron chi connectivity index (χ3n) is 2.95. The van der Waals surface area contributed by atoms with E-state index < -0.39 is 15.9 Å². The SMILES string of the molecule is CN(CCC(O)c1ccc(Br)cc1Cl)CCS(C)(=O)=O. The molecule has 0 aliphatic rings. The van der Waals surface area contributed by atoms with Crippen LogP contribution in [0.15, 0.2) is 22.7 Å². The van der Waals surface area contributed by atoms with Crippen molar-refractivity contribution < 1.29 is 13.5 Å². The molecule has 0 spiro atoms. The van der Waals surface area contributed by atoms with Crippen molar-refractivity contribution in [3.05, 3.63) is 33.3 Å². The summed E-state index contributed by atoms with van der Waals surface area (Å²) in [5.74, 6) is 0.124. The second kappa shape index (κ2) is 7.75. The zero-order valence-corrected chi connectivity index (χ0v) is 14.7. The Kier molecular flexibility index (Phi) is 6.94. The highest BCUT2D eigenvalue weighted by atomic mass is 79.9. The first-order valence-corrected chi connectivity index (χ1v) is 9.41. The van der Waals surface area contributed by atoms with Crippen LogP contribution in [0.2, 0.25) is 5.02 Å². The number of benzene rings is 1. The Bertz CT molecular complexity index is 551. The van der Waals surface area contributed by atoms with Crippen LogP contribution in [0.4, 0.5) is 0 Å². The molecule has 0 saturated heterocycles. The van der Waals surface area contributed by atoms with E-state index in [0.29, 0.717) is 30.1 Å². The van der Waals surface area contributed by atoms with E-state index in [1.165, 1.54) is 6.26 Å². The normalized spacial score (nSPS) is 13.7. The fraction of sp³-hybridized carbons (Fsp3) is 0.538. The Morgan fingerprint density at radius 1 is 1.40 bits per heavy atom. The average Bonchev–Trinajstić information content (AvgIpc) is 2.32. The summed E-state index contributed by atoms with van der Waals surface area (Å²) in [5.41, 5.74) is 0.686. The highest BCUT2D eigenvalue weighted by molar-refractivity contribution is 9.10. The first kappa shape index (κ1) is 17.9. The van der Waals surface area contributed by atoms with Crippen molar-refractivity contribution in [1.82, 2.24) is 4.90 Å². The van der Waals surface area contributed by atoms with E-state index in [0.717, 1.165) is 4.47 Å². The summed E-state index contributed by atoms with van der Waals surface area (Å²) in [6.45, 7) is 1.06. The maximum Gasteiger partial charge on any atom is 0.148 e. The minimum Gasteiger partial charge on any atom is -0.388 e. The van der Waals surface area contributed by atoms with Crippen LogP contribution in [0.3, 0.4) is 0 Å². The molecular weight excluding hydrogens is 366 g/mol. The third-order valence-corrected chi connectivity index (χ3v) is 4.69. The topological polar surface area (TPSA) is 57.6 Å². The Balaban J connectivity index is 2.48. The van der Waals surface area contributed by atoms with Crippen LogP contribution in [-0.2, 0) is 9.84 Å². The molecule has 0 aliphatic carbocycles. The molecule has 1 N–H and O–H groups in total. The molecule has 1 atom stereocenters. The van der Waals surface area contributed by atoms with E-state index in [2.05, 4.69) is 15.9 Å². The minimum absolute atomic E-state index is 0.124. The standard InChI is InChI=1S/C13H19BrClNO3S/c1-16(7-8-20(2,18)19)6-5-13(17)11-4-3-10(14)9-12(11)15/h3-4,9,13,17H,5-8H2,1-2H3. The molecule has 0 bridgehead atoms. The number of rotatable bonds is 7. The van der Waals surface area contributed by atoms with Crippen molar-refractivity contribution in [3.63, 3.8) is 0 Å². The van der Waals surface area contributed by atoms with Crippen LogP contribution in [0.1, 0.15) is 18.1 Å². The molecule has 7 heteroatoms. The highest BCUT2D eigenvalue weighted by Gasteiger charge is 2.13. The van der Waals surface area contributed by atoms with Crippen molar-refractivity contribution in [1.29, 1.82) is 0 Å². The number of aliphatic hydroxyl groups is 1. The summed E-state index contributed by atoms with van der Waals surface area (Å²) in [6, 6.07) is 5.36. The van der Waals surface area contributed by atoms with Crippen molar-refractivity contribution in [2.24, 2.45) is 0 Å². The van der Waals surface area contributed by atoms with Gasteiger partial charge in [0.25, 0.3) is 0 Å². The van der Waals surface area contributed by atoms with Crippen molar-refractivity contribution in [3.8, 4) is 0 Å². The van der Waals surface area contributed by atoms with E-state index in [1.807, 2.05) is 18.0 Å². The van der Waals surface area contributed by atoms with Gasteiger partial charge in [0.05, 0.1) is 11.9 Å². The molecule has 1 rings (SSSR count). The minimum atomic E-state index is -2.95. The van der Waals surface area contributed by atoms with E-state index in [1.54, 1.807) is 12.1 Å². The van der Waals surface area contributed by atoms with E-state index >= 15 is 0 Å². The van der Waals surface area contributed by atoms with Crippen molar-refractivity contribution in [2.45, 2.75) is 12.5 Å². The summed E-state index contributed by atoms with van der Waals surface area (Å²) in [5, 5.41) is 10.6. The lowest BCUT2D eigenvalue weighted by molar-refractivity contribution is 0.150. The van der Waals surface area contributed by atoms with E-state index in [4.69, 9.17) is 11.6 Å². The molecule has 1 aromatic carbocycles. The lowest BCUT2D eigenvalue weighted by Gasteiger charge is -2.19. The van der Waals surface area contributed by atoms with Crippen molar-refractivity contribution in [2.75, 3.05) is 32.1 Å². The van der Waals surface area contributed by atoms with Crippen LogP contribution in [0.5, 0.6) is 0 Å². The summed E-state index contributed by atoms with van der Waals surface area (Å²) in [6.07, 6.45) is 1.06. The molecular formula is C13H19BrClNO3S. The summed E-state index contributed by atoms with van der Waals surface area (Å²) in [7, 11) is -1.12. The maximum atomic E-state index is 11.1. The molecule has 1 aromatic rings. The zero-order chi connectivity index (χ0) is 15.3. The molecule has 0 fully saturated rings. The molecule has 0 heterocycles. The Hall–Kier alpha value is -0.140. The molecule has 1 unspecified atom stereocenters. The van der Waals surface area contributed by atoms with Gasteiger partial charge in [0.1, 0.15) is 9.84 Å². The third kappa shape index (κ3) is 6.54. The van der Waals surface area contributed by atoms with Gasteiger partial charge < -0.3 is 10.0 Å². The average molecular weight is 385 g/mol. The van der Waals surface area contributed by atoms with E-state index in [-0.39, 0.29) is 5.75 Å². The second-order valence-electron chi connectivity index (χ2n) is 4.90. The lowest BCUT2D eigenvalue weighted by atomic mass is 10.1. The van der Waals surface area contributed by atoms with Crippen LogP contribution in [-0.4, -0.2) is 50.6 Å². The van der Waals surface area contributed by atoms with Crippen LogP contribution < -0.4 is 0 Å². The molecule has 0 aromatic heterocycles. The maximum absolute atomic E-state index is 11.1. The van der Waals surface area contributed by atoms with Crippen LogP contribution in [0, 0.1) is 0 Å². The quantitative estimate of drug-likeness (QED) is 0.785. The smallest absolute Gasteiger partial charge is 0.148 e. The molecule has 20 heavy (non-hydrogen) atoms. The predicted octanol–water partition coefficient (Wildman–Crippen LogP) is 2.50. The van der Waals surface area contributed by atoms with E-state index in [9.17, 15) is 13.5 Å². The van der Waals surface area contributed by atoms with Gasteiger partial charge in [0.15, 0.2) is 0 Å². The largest absolute Gasteiger partial charge is 0.388 e. The first-order valence-electron chi connectivity index (χ1n) is 6.18. The van der Waals surface area contributed by atoms with Crippen LogP contribution in [0.25, 0.3) is 0 Å². The molecule has 0 saturated carbocycles. The van der Waals surface area contributed by atoms with Gasteiger partial charge in [-0.25, -0.2) is 8.42 Å². The molecule has 0 aliphatic heterocycles. The highest BCUT2D eigenvalue weighted by Crippen LogP contribution is 2.28. The number of hydrogen-bond donors (Lipinski definition) is 1. The fourth-order valence-corrected chi connectivity index (χ4v) is 3.15. The van der Waals surface area contributed by atoms with Gasteiger partial charge in [0, 0.05) is 28.8 Å². The summed E-state index contributed by atoms with van der Waals surface area (Å²) >= 11 is 9.39. The molecule has 0 radical (unpaired) electrons. The van der Waals surface area contributed by atoms with Gasteiger partial charge in [0.2, 0.25) is 0 Å². The summed E-state index contributed by atoms with van der Waals surface area (Å²) < 4.78 is 23.0. The summed E-state index contributed by atoms with van der Waals surface area (Å²) in [4.78, 5) is 1.89. The second-order valence-corrected chi connectivity index (χ2v) is 8.49. The molecule has 114 valence electrons. The molecule has 0 amide bonds. The number of sulfone groups is 1. The Labute approximate surface area is 133 Å². The number of aliphatic hydroxyl groups excluding tert-OH is 1. The lowest BCUT2D eigenvalue weighted by Crippen LogP contribution is -2.27. The van der Waals surface area contributed by atoms with Gasteiger partial charge in [-0.3, -0.25) is 0 Å². The Morgan fingerprint density at radius 3 is 2.60 bits per heavy atom. The number of halogens is 2. The Morgan fingerprint density at radius 2 is 2.05 bits per heavy atom. The fourth-order valence-electron chi connectivity index (χ4n) is 1.70. The molecule has 4 nitrogen and oxygen atoms in total. The van der Waals surface area contributed by atoms with Gasteiger partial charge in [-0.1, -0.05) is 33.6 Å². The van der Waals surface area contributed by atoms with Crippen molar-refractivity contribution >= 4 is 37.4 Å². The number of nitrogens with zero attached hydrogens (tertiary/aromatic N) is 1. The van der Waals surface area contributed by atoms with Gasteiger partial charge in [-0.05, 0) is 31.2 Å². The van der Waals surface area contributed by atoms with Crippen LogP contribution >= 0.6 is 27.5 Å². The first-order chi connectivity index (χ1) is 9.19. The van der Waals surface area contributed by atoms with Gasteiger partial charge in [-0.15, -0.1) is 0 Å². The monoisotopic (exact) mass is 383 g/mol. The zero-order valence-electron chi connectivity index (χ0n) is 11.5. The van der Waals surface area contributed by atoms with Gasteiger partial charge >= 0.3 is 0 Å². The number of hydrogen-bond acceptors (Lipinski definition) is 4. The predicted molar refractivity (Wildman–Crippen MR) is 85.9 cm³/mol.